The normalized spacial score (nSPS) is 17.2. The molecule has 3 aromatic rings. The predicted molar refractivity (Wildman–Crippen MR) is 125 cm³/mol. The van der Waals surface area contributed by atoms with Gasteiger partial charge in [0.2, 0.25) is 0 Å². The molecule has 0 aliphatic carbocycles. The van der Waals surface area contributed by atoms with E-state index in [1.165, 1.54) is 12.8 Å². The molecule has 0 bridgehead atoms. The Kier molecular flexibility index (Phi) is 5.08. The Balaban J connectivity index is 1.39. The molecule has 0 radical (unpaired) electrons. The molecule has 2 fully saturated rings. The van der Waals surface area contributed by atoms with Gasteiger partial charge in [-0.2, -0.15) is 0 Å². The SMILES string of the molecule is Nc1ccccc1N(C(=O)c1ccc(N2CCC3(CC2)CNC3)nc1)c1ccccc1. The number of aromatic nitrogens is 1. The average Bonchev–Trinajstić information content (AvgIpc) is 2.80. The highest BCUT2D eigenvalue weighted by atomic mass is 16.2. The van der Waals surface area contributed by atoms with Gasteiger partial charge in [0, 0.05) is 38.1 Å². The van der Waals surface area contributed by atoms with Crippen LogP contribution in [0, 0.1) is 5.41 Å². The number of pyridine rings is 1. The Morgan fingerprint density at radius 3 is 2.29 bits per heavy atom. The minimum absolute atomic E-state index is 0.152. The highest BCUT2D eigenvalue weighted by Gasteiger charge is 2.39. The monoisotopic (exact) mass is 413 g/mol. The van der Waals surface area contributed by atoms with Gasteiger partial charge in [-0.05, 0) is 54.7 Å². The quantitative estimate of drug-likeness (QED) is 0.636. The molecule has 0 saturated carbocycles. The molecule has 2 aliphatic rings. The Labute approximate surface area is 182 Å². The third kappa shape index (κ3) is 3.75. The maximum absolute atomic E-state index is 13.5. The third-order valence-electron chi connectivity index (χ3n) is 6.54. The summed E-state index contributed by atoms with van der Waals surface area (Å²) in [5, 5.41) is 3.40. The second-order valence-electron chi connectivity index (χ2n) is 8.53. The standard InChI is InChI=1S/C25H27N5O/c26-21-8-4-5-9-22(21)30(20-6-2-1-3-7-20)24(31)19-10-11-23(28-16-19)29-14-12-25(13-15-29)17-27-18-25/h1-11,16,27H,12-15,17-18,26H2. The second kappa shape index (κ2) is 8.04. The van der Waals surface area contributed by atoms with E-state index >= 15 is 0 Å². The lowest BCUT2D eigenvalue weighted by Crippen LogP contribution is -2.58. The third-order valence-corrected chi connectivity index (χ3v) is 6.54. The van der Waals surface area contributed by atoms with Crippen molar-refractivity contribution in [3.05, 3.63) is 78.5 Å². The van der Waals surface area contributed by atoms with Gasteiger partial charge in [-0.15, -0.1) is 0 Å². The molecule has 3 N–H and O–H groups in total. The maximum Gasteiger partial charge on any atom is 0.264 e. The van der Waals surface area contributed by atoms with Gasteiger partial charge < -0.3 is 16.0 Å². The first-order valence-electron chi connectivity index (χ1n) is 10.8. The summed E-state index contributed by atoms with van der Waals surface area (Å²) in [6.07, 6.45) is 4.07. The lowest BCUT2D eigenvalue weighted by atomic mass is 9.73. The van der Waals surface area contributed by atoms with E-state index in [4.69, 9.17) is 5.73 Å². The predicted octanol–water partition coefficient (Wildman–Crippen LogP) is 3.83. The highest BCUT2D eigenvalue weighted by Crippen LogP contribution is 2.36. The Morgan fingerprint density at radius 1 is 0.968 bits per heavy atom. The summed E-state index contributed by atoms with van der Waals surface area (Å²) in [7, 11) is 0. The van der Waals surface area contributed by atoms with Crippen LogP contribution in [-0.4, -0.2) is 37.1 Å². The number of nitrogens with one attached hydrogen (secondary N) is 1. The van der Waals surface area contributed by atoms with Crippen molar-refractivity contribution in [2.45, 2.75) is 12.8 Å². The number of hydrogen-bond donors (Lipinski definition) is 2. The number of carbonyl (C=O) groups is 1. The highest BCUT2D eigenvalue weighted by molar-refractivity contribution is 6.12. The number of nitrogens with two attached hydrogens (primary N) is 1. The Morgan fingerprint density at radius 2 is 1.68 bits per heavy atom. The molecule has 5 rings (SSSR count). The van der Waals surface area contributed by atoms with Crippen LogP contribution in [0.15, 0.2) is 72.9 Å². The number of amides is 1. The number of anilines is 4. The van der Waals surface area contributed by atoms with Crippen molar-refractivity contribution in [3.63, 3.8) is 0 Å². The smallest absolute Gasteiger partial charge is 0.264 e. The van der Waals surface area contributed by atoms with Gasteiger partial charge in [0.1, 0.15) is 5.82 Å². The zero-order valence-electron chi connectivity index (χ0n) is 17.5. The molecule has 3 heterocycles. The van der Waals surface area contributed by atoms with E-state index < -0.39 is 0 Å². The van der Waals surface area contributed by atoms with Crippen molar-refractivity contribution in [1.29, 1.82) is 0 Å². The first-order chi connectivity index (χ1) is 15.2. The molecule has 1 spiro atoms. The average molecular weight is 414 g/mol. The van der Waals surface area contributed by atoms with Crippen molar-refractivity contribution in [3.8, 4) is 0 Å². The van der Waals surface area contributed by atoms with E-state index in [1.807, 2.05) is 60.7 Å². The van der Waals surface area contributed by atoms with E-state index in [-0.39, 0.29) is 5.91 Å². The van der Waals surface area contributed by atoms with Crippen molar-refractivity contribution in [2.24, 2.45) is 5.41 Å². The summed E-state index contributed by atoms with van der Waals surface area (Å²) in [4.78, 5) is 22.1. The number of para-hydroxylation sites is 3. The van der Waals surface area contributed by atoms with E-state index in [1.54, 1.807) is 17.2 Å². The Bertz CT molecular complexity index is 1050. The Hall–Kier alpha value is -3.38. The summed E-state index contributed by atoms with van der Waals surface area (Å²) in [6, 6.07) is 20.8. The van der Waals surface area contributed by atoms with Crippen LogP contribution in [-0.2, 0) is 0 Å². The van der Waals surface area contributed by atoms with Crippen molar-refractivity contribution in [2.75, 3.05) is 41.7 Å². The summed E-state index contributed by atoms with van der Waals surface area (Å²) in [5.41, 5.74) is 9.23. The second-order valence-corrected chi connectivity index (χ2v) is 8.53. The van der Waals surface area contributed by atoms with E-state index in [9.17, 15) is 4.79 Å². The lowest BCUT2D eigenvalue weighted by molar-refractivity contribution is 0.0999. The maximum atomic E-state index is 13.5. The molecule has 0 atom stereocenters. The number of piperidine rings is 1. The summed E-state index contributed by atoms with van der Waals surface area (Å²) in [6.45, 7) is 4.30. The molecule has 0 unspecified atom stereocenters. The number of hydrogen-bond acceptors (Lipinski definition) is 5. The van der Waals surface area contributed by atoms with Crippen LogP contribution in [0.3, 0.4) is 0 Å². The molecule has 6 heteroatoms. The zero-order chi connectivity index (χ0) is 21.3. The molecule has 2 saturated heterocycles. The van der Waals surface area contributed by atoms with Gasteiger partial charge in [-0.3, -0.25) is 9.69 Å². The molecule has 31 heavy (non-hydrogen) atoms. The van der Waals surface area contributed by atoms with Crippen molar-refractivity contribution in [1.82, 2.24) is 10.3 Å². The number of nitrogens with zero attached hydrogens (tertiary/aromatic N) is 3. The van der Waals surface area contributed by atoms with Gasteiger partial charge >= 0.3 is 0 Å². The fourth-order valence-corrected chi connectivity index (χ4v) is 4.50. The van der Waals surface area contributed by atoms with Crippen LogP contribution in [0.25, 0.3) is 0 Å². The van der Waals surface area contributed by atoms with Crippen molar-refractivity contribution >= 4 is 28.8 Å². The first-order valence-corrected chi connectivity index (χ1v) is 10.8. The van der Waals surface area contributed by atoms with Crippen LogP contribution in [0.4, 0.5) is 22.9 Å². The molecule has 158 valence electrons. The zero-order valence-corrected chi connectivity index (χ0v) is 17.5. The summed E-state index contributed by atoms with van der Waals surface area (Å²) >= 11 is 0. The molecule has 1 amide bonds. The fraction of sp³-hybridized carbons (Fsp3) is 0.280. The number of benzene rings is 2. The van der Waals surface area contributed by atoms with Crippen molar-refractivity contribution < 1.29 is 4.79 Å². The fourth-order valence-electron chi connectivity index (χ4n) is 4.50. The molecule has 1 aromatic heterocycles. The van der Waals surface area contributed by atoms with Gasteiger partial charge in [-0.25, -0.2) is 4.98 Å². The molecule has 2 aliphatic heterocycles. The van der Waals surface area contributed by atoms with Gasteiger partial charge in [0.25, 0.3) is 5.91 Å². The molecule has 2 aromatic carbocycles. The first kappa shape index (κ1) is 19.6. The number of rotatable bonds is 4. The van der Waals surface area contributed by atoms with Crippen LogP contribution in [0.2, 0.25) is 0 Å². The van der Waals surface area contributed by atoms with E-state index in [2.05, 4.69) is 15.2 Å². The largest absolute Gasteiger partial charge is 0.397 e. The lowest BCUT2D eigenvalue weighted by Gasteiger charge is -2.48. The number of carbonyl (C=O) groups excluding carboxylic acids is 1. The number of nitrogen functional groups attached to an aromatic ring is 1. The van der Waals surface area contributed by atoms with Crippen LogP contribution >= 0.6 is 0 Å². The minimum Gasteiger partial charge on any atom is -0.397 e. The minimum atomic E-state index is -0.152. The van der Waals surface area contributed by atoms with Crippen LogP contribution in [0.5, 0.6) is 0 Å². The van der Waals surface area contributed by atoms with E-state index in [0.717, 1.165) is 37.7 Å². The summed E-state index contributed by atoms with van der Waals surface area (Å²) < 4.78 is 0. The summed E-state index contributed by atoms with van der Waals surface area (Å²) in [5.74, 6) is 0.783. The molecule has 6 nitrogen and oxygen atoms in total. The van der Waals surface area contributed by atoms with E-state index in [0.29, 0.717) is 22.4 Å². The topological polar surface area (TPSA) is 74.5 Å². The van der Waals surface area contributed by atoms with Gasteiger partial charge in [0.15, 0.2) is 0 Å². The molecular formula is C25H27N5O. The van der Waals surface area contributed by atoms with Gasteiger partial charge in [-0.1, -0.05) is 30.3 Å². The molecular weight excluding hydrogens is 386 g/mol. The van der Waals surface area contributed by atoms with Crippen LogP contribution in [0.1, 0.15) is 23.2 Å². The van der Waals surface area contributed by atoms with Crippen LogP contribution < -0.4 is 20.9 Å². The van der Waals surface area contributed by atoms with Gasteiger partial charge in [0.05, 0.1) is 16.9 Å².